The third kappa shape index (κ3) is 10.8. The van der Waals surface area contributed by atoms with Crippen LogP contribution < -0.4 is 16.0 Å². The number of carbonyl (C=O) groups is 2. The Labute approximate surface area is 163 Å². The standard InChI is InChI=1S/C19H28F3N3O3/c1-18(2,3)28-17(27)25-13-15-8-6-14(7-9-15)5-4-10-23-11-12-24-16(26)19(20,21)22/h6-9,23H,4-5,10-13H2,1-3H3,(H,24,26)(H,25,27). The molecule has 0 fully saturated rings. The Bertz CT molecular complexity index is 626. The molecule has 0 saturated carbocycles. The maximum absolute atomic E-state index is 12.0. The van der Waals surface area contributed by atoms with Crippen molar-refractivity contribution in [1.82, 2.24) is 16.0 Å². The highest BCUT2D eigenvalue weighted by molar-refractivity contribution is 5.81. The van der Waals surface area contributed by atoms with Gasteiger partial charge in [-0.1, -0.05) is 24.3 Å². The van der Waals surface area contributed by atoms with Crippen LogP contribution in [-0.2, 0) is 22.5 Å². The lowest BCUT2D eigenvalue weighted by Gasteiger charge is -2.19. The number of carbonyl (C=O) groups excluding carboxylic acids is 2. The molecule has 6 nitrogen and oxygen atoms in total. The van der Waals surface area contributed by atoms with Crippen molar-refractivity contribution < 1.29 is 27.5 Å². The molecule has 0 aliphatic heterocycles. The lowest BCUT2D eigenvalue weighted by Crippen LogP contribution is -2.40. The molecule has 0 radical (unpaired) electrons. The summed E-state index contributed by atoms with van der Waals surface area (Å²) < 4.78 is 41.1. The largest absolute Gasteiger partial charge is 0.471 e. The van der Waals surface area contributed by atoms with E-state index in [0.717, 1.165) is 24.0 Å². The molecular weight excluding hydrogens is 375 g/mol. The van der Waals surface area contributed by atoms with Crippen LogP contribution >= 0.6 is 0 Å². The second kappa shape index (κ2) is 10.9. The van der Waals surface area contributed by atoms with Crippen LogP contribution in [0.3, 0.4) is 0 Å². The molecule has 0 bridgehead atoms. The first-order valence-corrected chi connectivity index (χ1v) is 9.08. The molecule has 0 aliphatic rings. The van der Waals surface area contributed by atoms with Gasteiger partial charge < -0.3 is 20.7 Å². The maximum atomic E-state index is 12.0. The van der Waals surface area contributed by atoms with E-state index in [-0.39, 0.29) is 13.1 Å². The zero-order valence-electron chi connectivity index (χ0n) is 16.4. The average molecular weight is 403 g/mol. The molecule has 3 N–H and O–H groups in total. The van der Waals surface area contributed by atoms with E-state index < -0.39 is 23.8 Å². The molecule has 9 heteroatoms. The van der Waals surface area contributed by atoms with E-state index in [2.05, 4.69) is 10.6 Å². The van der Waals surface area contributed by atoms with Crippen LogP contribution in [-0.4, -0.2) is 43.4 Å². The van der Waals surface area contributed by atoms with Gasteiger partial charge in [-0.3, -0.25) is 4.79 Å². The summed E-state index contributed by atoms with van der Waals surface area (Å²) in [6.45, 7) is 6.61. The normalized spacial score (nSPS) is 11.8. The summed E-state index contributed by atoms with van der Waals surface area (Å²) in [5.74, 6) is -1.92. The van der Waals surface area contributed by atoms with Crippen molar-refractivity contribution in [3.05, 3.63) is 35.4 Å². The third-order valence-electron chi connectivity index (χ3n) is 3.52. The molecule has 0 saturated heterocycles. The fraction of sp³-hybridized carbons (Fsp3) is 0.579. The van der Waals surface area contributed by atoms with Gasteiger partial charge in [0.1, 0.15) is 5.60 Å². The Morgan fingerprint density at radius 2 is 1.54 bits per heavy atom. The van der Waals surface area contributed by atoms with E-state index >= 15 is 0 Å². The molecule has 2 amide bonds. The first-order chi connectivity index (χ1) is 13.0. The number of amides is 2. The summed E-state index contributed by atoms with van der Waals surface area (Å²) in [4.78, 5) is 22.2. The van der Waals surface area contributed by atoms with Gasteiger partial charge in [0, 0.05) is 19.6 Å². The number of rotatable bonds is 9. The number of nitrogens with one attached hydrogen (secondary N) is 3. The lowest BCUT2D eigenvalue weighted by atomic mass is 10.1. The maximum Gasteiger partial charge on any atom is 0.471 e. The molecule has 0 aliphatic carbocycles. The highest BCUT2D eigenvalue weighted by atomic mass is 19.4. The minimum Gasteiger partial charge on any atom is -0.444 e. The van der Waals surface area contributed by atoms with E-state index in [1.165, 1.54) is 0 Å². The molecular formula is C19H28F3N3O3. The van der Waals surface area contributed by atoms with Gasteiger partial charge in [0.05, 0.1) is 0 Å². The van der Waals surface area contributed by atoms with Crippen molar-refractivity contribution in [2.24, 2.45) is 0 Å². The first kappa shape index (κ1) is 23.7. The average Bonchev–Trinajstić information content (AvgIpc) is 2.57. The Hall–Kier alpha value is -2.29. The van der Waals surface area contributed by atoms with Gasteiger partial charge in [-0.05, 0) is 51.3 Å². The van der Waals surface area contributed by atoms with Crippen LogP contribution in [0, 0.1) is 0 Å². The monoisotopic (exact) mass is 403 g/mol. The van der Waals surface area contributed by atoms with Gasteiger partial charge in [-0.25, -0.2) is 4.79 Å². The number of ether oxygens (including phenoxy) is 1. The van der Waals surface area contributed by atoms with E-state index in [4.69, 9.17) is 4.74 Å². The highest BCUT2D eigenvalue weighted by Crippen LogP contribution is 2.13. The molecule has 1 aromatic rings. The van der Waals surface area contributed by atoms with Gasteiger partial charge in [0.15, 0.2) is 0 Å². The molecule has 0 atom stereocenters. The topological polar surface area (TPSA) is 79.5 Å². The minimum atomic E-state index is -4.84. The summed E-state index contributed by atoms with van der Waals surface area (Å²) in [6, 6.07) is 7.78. The number of alkyl halides is 3. The number of aryl methyl sites for hydroxylation is 1. The highest BCUT2D eigenvalue weighted by Gasteiger charge is 2.38. The van der Waals surface area contributed by atoms with Crippen molar-refractivity contribution >= 4 is 12.0 Å². The lowest BCUT2D eigenvalue weighted by molar-refractivity contribution is -0.173. The smallest absolute Gasteiger partial charge is 0.444 e. The number of benzene rings is 1. The minimum absolute atomic E-state index is 0.0717. The van der Waals surface area contributed by atoms with Crippen LogP contribution in [0.4, 0.5) is 18.0 Å². The first-order valence-electron chi connectivity index (χ1n) is 9.08. The predicted molar refractivity (Wildman–Crippen MR) is 99.8 cm³/mol. The van der Waals surface area contributed by atoms with Crippen LogP contribution in [0.5, 0.6) is 0 Å². The van der Waals surface area contributed by atoms with Crippen LogP contribution in [0.2, 0.25) is 0 Å². The van der Waals surface area contributed by atoms with Crippen molar-refractivity contribution in [2.45, 2.75) is 51.9 Å². The summed E-state index contributed by atoms with van der Waals surface area (Å²) >= 11 is 0. The summed E-state index contributed by atoms with van der Waals surface area (Å²) in [7, 11) is 0. The van der Waals surface area contributed by atoms with E-state index in [1.807, 2.05) is 24.3 Å². The molecule has 1 aromatic carbocycles. The fourth-order valence-electron chi connectivity index (χ4n) is 2.22. The van der Waals surface area contributed by atoms with Crippen molar-refractivity contribution in [3.8, 4) is 0 Å². The SMILES string of the molecule is CC(C)(C)OC(=O)NCc1ccc(CCCNCCNC(=O)C(F)(F)F)cc1. The molecule has 158 valence electrons. The van der Waals surface area contributed by atoms with Gasteiger partial charge in [-0.2, -0.15) is 13.2 Å². The second-order valence-corrected chi connectivity index (χ2v) is 7.28. The second-order valence-electron chi connectivity index (χ2n) is 7.28. The number of alkyl carbamates (subject to hydrolysis) is 1. The molecule has 28 heavy (non-hydrogen) atoms. The predicted octanol–water partition coefficient (Wildman–Crippen LogP) is 2.91. The quantitative estimate of drug-likeness (QED) is 0.554. The molecule has 0 unspecified atom stereocenters. The molecule has 0 spiro atoms. The van der Waals surface area contributed by atoms with Crippen LogP contribution in [0.1, 0.15) is 38.3 Å². The molecule has 0 aromatic heterocycles. The third-order valence-corrected chi connectivity index (χ3v) is 3.52. The molecule has 1 rings (SSSR count). The van der Waals surface area contributed by atoms with Crippen molar-refractivity contribution in [2.75, 3.05) is 19.6 Å². The van der Waals surface area contributed by atoms with E-state index in [1.54, 1.807) is 26.1 Å². The Balaban J connectivity index is 2.17. The number of hydrogen-bond donors (Lipinski definition) is 3. The Morgan fingerprint density at radius 3 is 2.11 bits per heavy atom. The Kier molecular flexibility index (Phi) is 9.24. The number of halogens is 3. The van der Waals surface area contributed by atoms with E-state index in [9.17, 15) is 22.8 Å². The zero-order chi connectivity index (χ0) is 21.2. The van der Waals surface area contributed by atoms with Crippen LogP contribution in [0.15, 0.2) is 24.3 Å². The molecule has 0 heterocycles. The zero-order valence-corrected chi connectivity index (χ0v) is 16.4. The van der Waals surface area contributed by atoms with Crippen LogP contribution in [0.25, 0.3) is 0 Å². The van der Waals surface area contributed by atoms with Gasteiger partial charge in [-0.15, -0.1) is 0 Å². The summed E-state index contributed by atoms with van der Waals surface area (Å²) in [5, 5.41) is 7.48. The Morgan fingerprint density at radius 1 is 0.929 bits per heavy atom. The van der Waals surface area contributed by atoms with Gasteiger partial charge >= 0.3 is 18.2 Å². The van der Waals surface area contributed by atoms with Crippen molar-refractivity contribution in [1.29, 1.82) is 0 Å². The van der Waals surface area contributed by atoms with Gasteiger partial charge in [0.2, 0.25) is 0 Å². The summed E-state index contributed by atoms with van der Waals surface area (Å²) in [6.07, 6.45) is -3.69. The number of hydrogen-bond acceptors (Lipinski definition) is 4. The fourth-order valence-corrected chi connectivity index (χ4v) is 2.22. The van der Waals surface area contributed by atoms with Crippen molar-refractivity contribution in [3.63, 3.8) is 0 Å². The van der Waals surface area contributed by atoms with Gasteiger partial charge in [0.25, 0.3) is 0 Å². The van der Waals surface area contributed by atoms with E-state index in [0.29, 0.717) is 13.1 Å². The summed E-state index contributed by atoms with van der Waals surface area (Å²) in [5.41, 5.74) is 1.53.